The van der Waals surface area contributed by atoms with Gasteiger partial charge in [0.05, 0.1) is 11.0 Å². The van der Waals surface area contributed by atoms with Gasteiger partial charge in [-0.2, -0.15) is 0 Å². The highest BCUT2D eigenvalue weighted by Gasteiger charge is 2.07. The minimum Gasteiger partial charge on any atom is -0.344 e. The SMILES string of the molecule is CN(CCc1ccc2[nH]c(=O)[nH]c2c1)C(=O)CCl. The average Bonchev–Trinajstić information content (AvgIpc) is 2.74. The van der Waals surface area contributed by atoms with Gasteiger partial charge in [0.2, 0.25) is 5.91 Å². The summed E-state index contributed by atoms with van der Waals surface area (Å²) in [4.78, 5) is 29.4. The molecular weight excluding hydrogens is 254 g/mol. The summed E-state index contributed by atoms with van der Waals surface area (Å²) >= 11 is 5.47. The first-order chi connectivity index (χ1) is 8.60. The van der Waals surface area contributed by atoms with Crippen LogP contribution in [0, 0.1) is 0 Å². The molecule has 18 heavy (non-hydrogen) atoms. The molecule has 0 fully saturated rings. The van der Waals surface area contributed by atoms with Crippen LogP contribution in [-0.2, 0) is 11.2 Å². The van der Waals surface area contributed by atoms with Gasteiger partial charge in [-0.1, -0.05) is 6.07 Å². The van der Waals surface area contributed by atoms with Crippen LogP contribution in [0.1, 0.15) is 5.56 Å². The Morgan fingerprint density at radius 2 is 2.06 bits per heavy atom. The number of benzene rings is 1. The van der Waals surface area contributed by atoms with E-state index in [4.69, 9.17) is 11.6 Å². The number of amides is 1. The van der Waals surface area contributed by atoms with Crippen LogP contribution in [0.25, 0.3) is 11.0 Å². The standard InChI is InChI=1S/C12H14ClN3O2/c1-16(11(17)7-13)5-4-8-2-3-9-10(6-8)15-12(18)14-9/h2-3,6H,4-5,7H2,1H3,(H2,14,15,18). The molecule has 0 spiro atoms. The van der Waals surface area contributed by atoms with Crippen LogP contribution < -0.4 is 5.69 Å². The highest BCUT2D eigenvalue weighted by molar-refractivity contribution is 6.27. The molecule has 2 N–H and O–H groups in total. The topological polar surface area (TPSA) is 69.0 Å². The van der Waals surface area contributed by atoms with Gasteiger partial charge in [-0.15, -0.1) is 11.6 Å². The first-order valence-electron chi connectivity index (χ1n) is 5.61. The van der Waals surface area contributed by atoms with Crippen molar-refractivity contribution < 1.29 is 4.79 Å². The van der Waals surface area contributed by atoms with Crippen LogP contribution in [0.4, 0.5) is 0 Å². The molecule has 0 radical (unpaired) electrons. The number of alkyl halides is 1. The normalized spacial score (nSPS) is 10.8. The van der Waals surface area contributed by atoms with Gasteiger partial charge in [0.1, 0.15) is 5.88 Å². The summed E-state index contributed by atoms with van der Waals surface area (Å²) in [7, 11) is 1.72. The van der Waals surface area contributed by atoms with E-state index in [2.05, 4.69) is 9.97 Å². The first-order valence-corrected chi connectivity index (χ1v) is 6.14. The fraction of sp³-hybridized carbons (Fsp3) is 0.333. The number of likely N-dealkylation sites (N-methyl/N-ethyl adjacent to an activating group) is 1. The zero-order valence-electron chi connectivity index (χ0n) is 10.00. The second-order valence-corrected chi connectivity index (χ2v) is 4.43. The molecule has 0 bridgehead atoms. The van der Waals surface area contributed by atoms with E-state index in [0.29, 0.717) is 6.54 Å². The van der Waals surface area contributed by atoms with Crippen LogP contribution >= 0.6 is 11.6 Å². The summed E-state index contributed by atoms with van der Waals surface area (Å²) in [6.45, 7) is 0.603. The molecule has 0 aliphatic heterocycles. The van der Waals surface area contributed by atoms with Crippen LogP contribution in [0.15, 0.2) is 23.0 Å². The molecule has 0 saturated carbocycles. The van der Waals surface area contributed by atoms with Crippen molar-refractivity contribution in [1.29, 1.82) is 0 Å². The Balaban J connectivity index is 2.08. The van der Waals surface area contributed by atoms with Gasteiger partial charge in [0.15, 0.2) is 0 Å². The minimum absolute atomic E-state index is 0.000660. The van der Waals surface area contributed by atoms with E-state index >= 15 is 0 Å². The zero-order valence-corrected chi connectivity index (χ0v) is 10.8. The molecule has 0 atom stereocenters. The fourth-order valence-electron chi connectivity index (χ4n) is 1.76. The minimum atomic E-state index is -0.211. The predicted octanol–water partition coefficient (Wildman–Crippen LogP) is 1.10. The number of halogens is 1. The van der Waals surface area contributed by atoms with E-state index in [1.807, 2.05) is 18.2 Å². The van der Waals surface area contributed by atoms with Crippen molar-refractivity contribution in [2.24, 2.45) is 0 Å². The number of rotatable bonds is 4. The van der Waals surface area contributed by atoms with E-state index in [0.717, 1.165) is 23.0 Å². The van der Waals surface area contributed by atoms with E-state index in [9.17, 15) is 9.59 Å². The highest BCUT2D eigenvalue weighted by Crippen LogP contribution is 2.11. The molecule has 2 aromatic rings. The van der Waals surface area contributed by atoms with E-state index in [1.165, 1.54) is 0 Å². The predicted molar refractivity (Wildman–Crippen MR) is 71.0 cm³/mol. The van der Waals surface area contributed by atoms with Gasteiger partial charge in [0, 0.05) is 13.6 Å². The van der Waals surface area contributed by atoms with Crippen molar-refractivity contribution in [3.05, 3.63) is 34.2 Å². The maximum Gasteiger partial charge on any atom is 0.323 e. The van der Waals surface area contributed by atoms with Crippen LogP contribution in [-0.4, -0.2) is 40.2 Å². The van der Waals surface area contributed by atoms with Crippen molar-refractivity contribution >= 4 is 28.5 Å². The van der Waals surface area contributed by atoms with Crippen molar-refractivity contribution in [1.82, 2.24) is 14.9 Å². The largest absolute Gasteiger partial charge is 0.344 e. The Bertz CT molecular complexity index is 617. The lowest BCUT2D eigenvalue weighted by Crippen LogP contribution is -2.29. The smallest absolute Gasteiger partial charge is 0.323 e. The Morgan fingerprint density at radius 3 is 2.78 bits per heavy atom. The summed E-state index contributed by atoms with van der Waals surface area (Å²) in [5, 5.41) is 0. The molecule has 1 heterocycles. The second-order valence-electron chi connectivity index (χ2n) is 4.16. The van der Waals surface area contributed by atoms with E-state index < -0.39 is 0 Å². The molecule has 6 heteroatoms. The Kier molecular flexibility index (Phi) is 3.72. The molecule has 0 unspecified atom stereocenters. The molecule has 2 rings (SSSR count). The number of carbonyl (C=O) groups excluding carboxylic acids is 1. The Hall–Kier alpha value is -1.75. The summed E-state index contributed by atoms with van der Waals surface area (Å²) in [6.07, 6.45) is 0.724. The molecule has 1 aromatic carbocycles. The van der Waals surface area contributed by atoms with Gasteiger partial charge in [0.25, 0.3) is 0 Å². The summed E-state index contributed by atoms with van der Waals surface area (Å²) < 4.78 is 0. The maximum atomic E-state index is 11.3. The summed E-state index contributed by atoms with van der Waals surface area (Å²) in [6, 6.07) is 5.70. The second kappa shape index (κ2) is 5.27. The third kappa shape index (κ3) is 2.73. The Labute approximate surface area is 109 Å². The van der Waals surface area contributed by atoms with Crippen molar-refractivity contribution in [2.45, 2.75) is 6.42 Å². The van der Waals surface area contributed by atoms with Gasteiger partial charge in [-0.05, 0) is 24.1 Å². The number of aromatic nitrogens is 2. The number of nitrogens with zero attached hydrogens (tertiary/aromatic N) is 1. The van der Waals surface area contributed by atoms with Gasteiger partial charge >= 0.3 is 5.69 Å². The number of hydrogen-bond donors (Lipinski definition) is 2. The number of H-pyrrole nitrogens is 2. The van der Waals surface area contributed by atoms with Crippen LogP contribution in [0.2, 0.25) is 0 Å². The summed E-state index contributed by atoms with van der Waals surface area (Å²) in [5.41, 5.74) is 2.42. The molecule has 0 aliphatic rings. The lowest BCUT2D eigenvalue weighted by atomic mass is 10.1. The molecule has 5 nitrogen and oxygen atoms in total. The molecular formula is C12H14ClN3O2. The zero-order chi connectivity index (χ0) is 13.1. The van der Waals surface area contributed by atoms with Crippen LogP contribution in [0.3, 0.4) is 0 Å². The molecule has 1 aromatic heterocycles. The lowest BCUT2D eigenvalue weighted by Gasteiger charge is -2.15. The van der Waals surface area contributed by atoms with Crippen molar-refractivity contribution in [2.75, 3.05) is 19.5 Å². The van der Waals surface area contributed by atoms with Crippen molar-refractivity contribution in [3.8, 4) is 0 Å². The summed E-state index contributed by atoms with van der Waals surface area (Å²) in [5.74, 6) is -0.0893. The number of imidazole rings is 1. The van der Waals surface area contributed by atoms with Gasteiger partial charge < -0.3 is 14.9 Å². The molecule has 0 saturated heterocycles. The number of carbonyl (C=O) groups is 1. The maximum absolute atomic E-state index is 11.3. The lowest BCUT2D eigenvalue weighted by molar-refractivity contribution is -0.127. The highest BCUT2D eigenvalue weighted by atomic mass is 35.5. The molecule has 96 valence electrons. The fourth-order valence-corrected chi connectivity index (χ4v) is 1.96. The third-order valence-corrected chi connectivity index (χ3v) is 3.08. The van der Waals surface area contributed by atoms with E-state index in [1.54, 1.807) is 11.9 Å². The first kappa shape index (κ1) is 12.7. The quantitative estimate of drug-likeness (QED) is 0.815. The van der Waals surface area contributed by atoms with Gasteiger partial charge in [-0.25, -0.2) is 4.79 Å². The van der Waals surface area contributed by atoms with Crippen LogP contribution in [0.5, 0.6) is 0 Å². The third-order valence-electron chi connectivity index (χ3n) is 2.86. The molecule has 0 aliphatic carbocycles. The number of fused-ring (bicyclic) bond motifs is 1. The monoisotopic (exact) mass is 267 g/mol. The van der Waals surface area contributed by atoms with E-state index in [-0.39, 0.29) is 17.5 Å². The molecule has 1 amide bonds. The number of hydrogen-bond acceptors (Lipinski definition) is 2. The number of nitrogens with one attached hydrogen (secondary N) is 2. The Morgan fingerprint density at radius 1 is 1.33 bits per heavy atom. The van der Waals surface area contributed by atoms with Gasteiger partial charge in [-0.3, -0.25) is 4.79 Å². The number of aromatic amines is 2. The average molecular weight is 268 g/mol. The van der Waals surface area contributed by atoms with Crippen molar-refractivity contribution in [3.63, 3.8) is 0 Å².